The Morgan fingerprint density at radius 1 is 1.16 bits per heavy atom. The average molecular weight is 365 g/mol. The van der Waals surface area contributed by atoms with Crippen molar-refractivity contribution in [3.63, 3.8) is 0 Å². The molecule has 0 aliphatic rings. The van der Waals surface area contributed by atoms with E-state index in [-0.39, 0.29) is 30.2 Å². The van der Waals surface area contributed by atoms with Gasteiger partial charge in [0.15, 0.2) is 5.69 Å². The predicted molar refractivity (Wildman–Crippen MR) is 91.3 cm³/mol. The number of halogens is 3. The lowest BCUT2D eigenvalue weighted by atomic mass is 10.2. The fourth-order valence-electron chi connectivity index (χ4n) is 2.26. The molecule has 0 bridgehead atoms. The van der Waals surface area contributed by atoms with E-state index in [1.165, 1.54) is 24.3 Å². The quantitative estimate of drug-likeness (QED) is 0.693. The molecule has 0 spiro atoms. The van der Waals surface area contributed by atoms with Crippen molar-refractivity contribution in [2.75, 3.05) is 7.05 Å². The smallest absolute Gasteiger partial charge is 0.275 e. The Kier molecular flexibility index (Phi) is 5.88. The van der Waals surface area contributed by atoms with Crippen LogP contribution in [-0.4, -0.2) is 22.8 Å². The second-order valence-corrected chi connectivity index (χ2v) is 5.30. The van der Waals surface area contributed by atoms with Gasteiger partial charge in [-0.15, -0.1) is 12.4 Å². The minimum absolute atomic E-state index is 0. The molecule has 1 heterocycles. The third kappa shape index (κ3) is 4.22. The van der Waals surface area contributed by atoms with Gasteiger partial charge in [0.1, 0.15) is 17.9 Å². The lowest BCUT2D eigenvalue weighted by molar-refractivity contribution is 0.0778. The Morgan fingerprint density at radius 3 is 2.56 bits per heavy atom. The molecule has 1 amide bonds. The van der Waals surface area contributed by atoms with Crippen LogP contribution in [-0.2, 0) is 6.54 Å². The van der Waals surface area contributed by atoms with Crippen molar-refractivity contribution in [2.24, 2.45) is 0 Å². The van der Waals surface area contributed by atoms with Crippen LogP contribution >= 0.6 is 12.4 Å². The highest BCUT2D eigenvalue weighted by Gasteiger charge is 2.18. The minimum atomic E-state index is -0.695. The Balaban J connectivity index is 0.00000225. The molecule has 3 aromatic rings. The van der Waals surface area contributed by atoms with Crippen LogP contribution in [0.3, 0.4) is 0 Å². The highest BCUT2D eigenvalue weighted by molar-refractivity contribution is 5.92. The van der Waals surface area contributed by atoms with Crippen molar-refractivity contribution in [2.45, 2.75) is 6.54 Å². The zero-order chi connectivity index (χ0) is 17.1. The first-order valence-corrected chi connectivity index (χ1v) is 7.25. The molecule has 0 N–H and O–H groups in total. The van der Waals surface area contributed by atoms with E-state index in [1.54, 1.807) is 0 Å². The van der Waals surface area contributed by atoms with Gasteiger partial charge in [-0.05, 0) is 18.2 Å². The molecule has 7 heteroatoms. The van der Waals surface area contributed by atoms with E-state index < -0.39 is 17.5 Å². The number of oxazole rings is 1. The van der Waals surface area contributed by atoms with Gasteiger partial charge in [-0.1, -0.05) is 24.3 Å². The largest absolute Gasteiger partial charge is 0.444 e. The number of carbonyl (C=O) groups is 1. The zero-order valence-corrected chi connectivity index (χ0v) is 14.1. The normalized spacial score (nSPS) is 10.2. The number of benzene rings is 2. The van der Waals surface area contributed by atoms with Crippen molar-refractivity contribution >= 4 is 18.3 Å². The highest BCUT2D eigenvalue weighted by Crippen LogP contribution is 2.19. The molecule has 0 aliphatic heterocycles. The predicted octanol–water partition coefficient (Wildman–Crippen LogP) is 4.31. The summed E-state index contributed by atoms with van der Waals surface area (Å²) in [6.45, 7) is -0.00151. The van der Waals surface area contributed by atoms with Crippen LogP contribution in [0.1, 0.15) is 16.1 Å². The van der Waals surface area contributed by atoms with Crippen LogP contribution in [0.15, 0.2) is 59.2 Å². The van der Waals surface area contributed by atoms with Crippen molar-refractivity contribution in [3.05, 3.63) is 77.7 Å². The van der Waals surface area contributed by atoms with E-state index in [1.807, 2.05) is 30.3 Å². The average Bonchev–Trinajstić information content (AvgIpc) is 3.07. The van der Waals surface area contributed by atoms with Gasteiger partial charge in [0.25, 0.3) is 5.91 Å². The van der Waals surface area contributed by atoms with Gasteiger partial charge in [0.05, 0.1) is 0 Å². The third-order valence-electron chi connectivity index (χ3n) is 3.51. The Morgan fingerprint density at radius 2 is 1.88 bits per heavy atom. The summed E-state index contributed by atoms with van der Waals surface area (Å²) in [4.78, 5) is 17.8. The molecular weight excluding hydrogens is 350 g/mol. The summed E-state index contributed by atoms with van der Waals surface area (Å²) >= 11 is 0. The maximum atomic E-state index is 13.7. The molecule has 3 rings (SSSR count). The molecule has 0 unspecified atom stereocenters. The van der Waals surface area contributed by atoms with Crippen LogP contribution in [0, 0.1) is 11.6 Å². The van der Waals surface area contributed by atoms with Gasteiger partial charge in [-0.2, -0.15) is 0 Å². The van der Waals surface area contributed by atoms with E-state index >= 15 is 0 Å². The summed E-state index contributed by atoms with van der Waals surface area (Å²) < 4.78 is 31.9. The number of nitrogens with zero attached hydrogens (tertiary/aromatic N) is 2. The van der Waals surface area contributed by atoms with E-state index in [4.69, 9.17) is 4.42 Å². The summed E-state index contributed by atoms with van der Waals surface area (Å²) in [5, 5.41) is 0. The van der Waals surface area contributed by atoms with Crippen LogP contribution < -0.4 is 0 Å². The number of rotatable bonds is 4. The van der Waals surface area contributed by atoms with E-state index in [0.29, 0.717) is 5.89 Å². The standard InChI is InChI=1S/C18H14F2N2O2.ClH/c1-22(10-13-7-8-14(19)9-15(13)20)18(23)16-11-24-17(21-16)12-5-3-2-4-6-12;/h2-9,11H,10H2,1H3;1H. The minimum Gasteiger partial charge on any atom is -0.444 e. The molecule has 0 saturated heterocycles. The lowest BCUT2D eigenvalue weighted by Gasteiger charge is -2.16. The van der Waals surface area contributed by atoms with Crippen molar-refractivity contribution in [1.29, 1.82) is 0 Å². The summed E-state index contributed by atoms with van der Waals surface area (Å²) in [6.07, 6.45) is 1.27. The molecule has 4 nitrogen and oxygen atoms in total. The van der Waals surface area contributed by atoms with Crippen LogP contribution in [0.5, 0.6) is 0 Å². The van der Waals surface area contributed by atoms with Gasteiger partial charge in [0.2, 0.25) is 5.89 Å². The summed E-state index contributed by atoms with van der Waals surface area (Å²) in [7, 11) is 1.52. The van der Waals surface area contributed by atoms with Crippen LogP contribution in [0.2, 0.25) is 0 Å². The maximum Gasteiger partial charge on any atom is 0.275 e. The van der Waals surface area contributed by atoms with Gasteiger partial charge in [0, 0.05) is 30.8 Å². The Labute approximate surface area is 149 Å². The third-order valence-corrected chi connectivity index (χ3v) is 3.51. The molecule has 0 radical (unpaired) electrons. The fourth-order valence-corrected chi connectivity index (χ4v) is 2.26. The maximum absolute atomic E-state index is 13.7. The van der Waals surface area contributed by atoms with Gasteiger partial charge < -0.3 is 9.32 Å². The SMILES string of the molecule is CN(Cc1ccc(F)cc1F)C(=O)c1coc(-c2ccccc2)n1.Cl. The van der Waals surface area contributed by atoms with Crippen molar-refractivity contribution < 1.29 is 18.0 Å². The molecular formula is C18H15ClF2N2O2. The molecule has 0 fully saturated rings. The fraction of sp³-hybridized carbons (Fsp3) is 0.111. The van der Waals surface area contributed by atoms with E-state index in [2.05, 4.69) is 4.98 Å². The molecule has 0 saturated carbocycles. The van der Waals surface area contributed by atoms with Crippen molar-refractivity contribution in [3.8, 4) is 11.5 Å². The number of amides is 1. The first-order chi connectivity index (χ1) is 11.5. The molecule has 130 valence electrons. The monoisotopic (exact) mass is 364 g/mol. The highest BCUT2D eigenvalue weighted by atomic mass is 35.5. The first-order valence-electron chi connectivity index (χ1n) is 7.25. The lowest BCUT2D eigenvalue weighted by Crippen LogP contribution is -2.27. The van der Waals surface area contributed by atoms with E-state index in [0.717, 1.165) is 17.7 Å². The molecule has 2 aromatic carbocycles. The van der Waals surface area contributed by atoms with Gasteiger partial charge in [-0.25, -0.2) is 13.8 Å². The number of hydrogen-bond acceptors (Lipinski definition) is 3. The van der Waals surface area contributed by atoms with Gasteiger partial charge in [-0.3, -0.25) is 4.79 Å². The number of hydrogen-bond donors (Lipinski definition) is 0. The Hall–Kier alpha value is -2.73. The summed E-state index contributed by atoms with van der Waals surface area (Å²) in [5.41, 5.74) is 1.10. The molecule has 0 atom stereocenters. The van der Waals surface area contributed by atoms with Crippen LogP contribution in [0.25, 0.3) is 11.5 Å². The zero-order valence-electron chi connectivity index (χ0n) is 13.3. The first kappa shape index (κ1) is 18.6. The number of aromatic nitrogens is 1. The molecule has 1 aromatic heterocycles. The summed E-state index contributed by atoms with van der Waals surface area (Å²) in [6, 6.07) is 12.4. The molecule has 25 heavy (non-hydrogen) atoms. The Bertz CT molecular complexity index is 869. The second-order valence-electron chi connectivity index (χ2n) is 5.30. The van der Waals surface area contributed by atoms with E-state index in [9.17, 15) is 13.6 Å². The molecule has 0 aliphatic carbocycles. The van der Waals surface area contributed by atoms with Crippen molar-refractivity contribution in [1.82, 2.24) is 9.88 Å². The second kappa shape index (κ2) is 7.90. The topological polar surface area (TPSA) is 46.3 Å². The van der Waals surface area contributed by atoms with Gasteiger partial charge >= 0.3 is 0 Å². The van der Waals surface area contributed by atoms with Crippen LogP contribution in [0.4, 0.5) is 8.78 Å². The number of carbonyl (C=O) groups excluding carboxylic acids is 1. The summed E-state index contributed by atoms with van der Waals surface area (Å²) in [5.74, 6) is -1.43.